The molecule has 1 heterocycles. The highest BCUT2D eigenvalue weighted by Gasteiger charge is 2.15. The lowest BCUT2D eigenvalue weighted by atomic mass is 10.0. The number of rotatable bonds is 0. The minimum absolute atomic E-state index is 0.374. The minimum atomic E-state index is 0.374. The Hall–Kier alpha value is -0.500. The zero-order chi connectivity index (χ0) is 8.55. The molecule has 0 unspecified atom stereocenters. The zero-order valence-electron chi connectivity index (χ0n) is 7.01. The Kier molecular flexibility index (Phi) is 2.09. The predicted octanol–water partition coefficient (Wildman–Crippen LogP) is 3.16. The van der Waals surface area contributed by atoms with E-state index in [1.165, 1.54) is 5.56 Å². The van der Waals surface area contributed by atoms with E-state index in [0.717, 1.165) is 23.1 Å². The Morgan fingerprint density at radius 2 is 2.33 bits per heavy atom. The van der Waals surface area contributed by atoms with Gasteiger partial charge in [0.25, 0.3) is 0 Å². The maximum Gasteiger partial charge on any atom is 0.122 e. The molecule has 0 amide bonds. The highest BCUT2D eigenvalue weighted by atomic mass is 79.9. The van der Waals surface area contributed by atoms with Gasteiger partial charge in [-0.2, -0.15) is 0 Å². The van der Waals surface area contributed by atoms with Gasteiger partial charge in [0, 0.05) is 4.47 Å². The van der Waals surface area contributed by atoms with Crippen molar-refractivity contribution in [2.24, 2.45) is 0 Å². The standard InChI is InChI=1S/C10H11BrO/c1-7-2-3-8-6-9(11)4-5-10(8)12-7/h4-7H,2-3H2,1H3/t7-/m0/s1. The van der Waals surface area contributed by atoms with Crippen LogP contribution in [0.1, 0.15) is 18.9 Å². The van der Waals surface area contributed by atoms with Gasteiger partial charge in [-0.05, 0) is 43.5 Å². The lowest BCUT2D eigenvalue weighted by molar-refractivity contribution is 0.192. The zero-order valence-corrected chi connectivity index (χ0v) is 8.60. The molecule has 0 aromatic heterocycles. The molecule has 12 heavy (non-hydrogen) atoms. The summed E-state index contributed by atoms with van der Waals surface area (Å²) in [7, 11) is 0. The normalized spacial score (nSPS) is 21.3. The second kappa shape index (κ2) is 3.09. The first-order chi connectivity index (χ1) is 5.75. The highest BCUT2D eigenvalue weighted by Crippen LogP contribution is 2.29. The van der Waals surface area contributed by atoms with Gasteiger partial charge < -0.3 is 4.74 Å². The molecule has 2 heteroatoms. The Morgan fingerprint density at radius 1 is 1.50 bits per heavy atom. The van der Waals surface area contributed by atoms with E-state index < -0.39 is 0 Å². The topological polar surface area (TPSA) is 9.23 Å². The summed E-state index contributed by atoms with van der Waals surface area (Å²) in [6, 6.07) is 6.20. The summed E-state index contributed by atoms with van der Waals surface area (Å²) >= 11 is 3.45. The van der Waals surface area contributed by atoms with E-state index in [9.17, 15) is 0 Å². The Balaban J connectivity index is 2.37. The Bertz CT molecular complexity index is 296. The molecule has 0 saturated carbocycles. The van der Waals surface area contributed by atoms with Gasteiger partial charge >= 0.3 is 0 Å². The van der Waals surface area contributed by atoms with Gasteiger partial charge in [0.15, 0.2) is 0 Å². The smallest absolute Gasteiger partial charge is 0.122 e. The Labute approximate surface area is 80.9 Å². The molecule has 2 rings (SSSR count). The maximum atomic E-state index is 5.67. The van der Waals surface area contributed by atoms with Crippen LogP contribution >= 0.6 is 15.9 Å². The van der Waals surface area contributed by atoms with E-state index in [0.29, 0.717) is 6.10 Å². The average Bonchev–Trinajstić information content (AvgIpc) is 2.05. The molecule has 0 radical (unpaired) electrons. The second-order valence-corrected chi connectivity index (χ2v) is 4.13. The molecule has 1 aliphatic rings. The molecule has 0 N–H and O–H groups in total. The van der Waals surface area contributed by atoms with Crippen LogP contribution in [0.15, 0.2) is 22.7 Å². The van der Waals surface area contributed by atoms with Crippen molar-refractivity contribution in [1.29, 1.82) is 0 Å². The van der Waals surface area contributed by atoms with E-state index in [2.05, 4.69) is 28.9 Å². The molecule has 0 bridgehead atoms. The van der Waals surface area contributed by atoms with Crippen LogP contribution in [0, 0.1) is 0 Å². The number of hydrogen-bond acceptors (Lipinski definition) is 1. The molecule has 1 aromatic rings. The molecule has 0 saturated heterocycles. The van der Waals surface area contributed by atoms with E-state index in [4.69, 9.17) is 4.74 Å². The van der Waals surface area contributed by atoms with Crippen LogP contribution in [0.4, 0.5) is 0 Å². The van der Waals surface area contributed by atoms with Gasteiger partial charge in [-0.1, -0.05) is 15.9 Å². The molecule has 1 aliphatic heterocycles. The van der Waals surface area contributed by atoms with Gasteiger partial charge in [0.05, 0.1) is 6.10 Å². The lowest BCUT2D eigenvalue weighted by Gasteiger charge is -2.23. The first-order valence-electron chi connectivity index (χ1n) is 4.21. The number of halogens is 1. The van der Waals surface area contributed by atoms with Crippen molar-refractivity contribution in [3.05, 3.63) is 28.2 Å². The maximum absolute atomic E-state index is 5.67. The van der Waals surface area contributed by atoms with Crippen LogP contribution in [-0.2, 0) is 6.42 Å². The summed E-state index contributed by atoms with van der Waals surface area (Å²) in [5.41, 5.74) is 1.32. The van der Waals surface area contributed by atoms with E-state index >= 15 is 0 Å². The largest absolute Gasteiger partial charge is 0.490 e. The number of ether oxygens (including phenoxy) is 1. The monoisotopic (exact) mass is 226 g/mol. The van der Waals surface area contributed by atoms with Crippen LogP contribution in [-0.4, -0.2) is 6.10 Å². The second-order valence-electron chi connectivity index (χ2n) is 3.22. The van der Waals surface area contributed by atoms with Crippen LogP contribution in [0.5, 0.6) is 5.75 Å². The van der Waals surface area contributed by atoms with Crippen molar-refractivity contribution < 1.29 is 4.74 Å². The van der Waals surface area contributed by atoms with Crippen molar-refractivity contribution in [2.45, 2.75) is 25.9 Å². The van der Waals surface area contributed by atoms with E-state index in [-0.39, 0.29) is 0 Å². The van der Waals surface area contributed by atoms with Crippen LogP contribution in [0.3, 0.4) is 0 Å². The highest BCUT2D eigenvalue weighted by molar-refractivity contribution is 9.10. The molecule has 0 aliphatic carbocycles. The average molecular weight is 227 g/mol. The van der Waals surface area contributed by atoms with Gasteiger partial charge in [-0.3, -0.25) is 0 Å². The molecule has 0 spiro atoms. The van der Waals surface area contributed by atoms with E-state index in [1.807, 2.05) is 12.1 Å². The third kappa shape index (κ3) is 1.48. The fourth-order valence-corrected chi connectivity index (χ4v) is 1.90. The summed E-state index contributed by atoms with van der Waals surface area (Å²) in [6.07, 6.45) is 2.64. The summed E-state index contributed by atoms with van der Waals surface area (Å²) in [5.74, 6) is 1.05. The summed E-state index contributed by atoms with van der Waals surface area (Å²) in [6.45, 7) is 2.12. The van der Waals surface area contributed by atoms with Crippen LogP contribution < -0.4 is 4.74 Å². The van der Waals surface area contributed by atoms with Crippen LogP contribution in [0.25, 0.3) is 0 Å². The van der Waals surface area contributed by atoms with Crippen molar-refractivity contribution in [3.8, 4) is 5.75 Å². The summed E-state index contributed by atoms with van der Waals surface area (Å²) in [4.78, 5) is 0. The number of aryl methyl sites for hydroxylation is 1. The van der Waals surface area contributed by atoms with Gasteiger partial charge in [0.2, 0.25) is 0 Å². The SMILES string of the molecule is C[C@H]1CCc2cc(Br)ccc2O1. The fourth-order valence-electron chi connectivity index (χ4n) is 1.49. The first-order valence-corrected chi connectivity index (χ1v) is 5.00. The summed E-state index contributed by atoms with van der Waals surface area (Å²) in [5, 5.41) is 0. The van der Waals surface area contributed by atoms with Crippen molar-refractivity contribution >= 4 is 15.9 Å². The molecular weight excluding hydrogens is 216 g/mol. The first kappa shape index (κ1) is 8.11. The van der Waals surface area contributed by atoms with Crippen LogP contribution in [0.2, 0.25) is 0 Å². The van der Waals surface area contributed by atoms with Gasteiger partial charge in [-0.25, -0.2) is 0 Å². The molecule has 0 fully saturated rings. The van der Waals surface area contributed by atoms with Gasteiger partial charge in [-0.15, -0.1) is 0 Å². The molecular formula is C10H11BrO. The molecule has 1 atom stereocenters. The van der Waals surface area contributed by atoms with Crippen molar-refractivity contribution in [2.75, 3.05) is 0 Å². The summed E-state index contributed by atoms with van der Waals surface area (Å²) < 4.78 is 6.80. The van der Waals surface area contributed by atoms with Gasteiger partial charge in [0.1, 0.15) is 5.75 Å². The van der Waals surface area contributed by atoms with Crippen molar-refractivity contribution in [3.63, 3.8) is 0 Å². The van der Waals surface area contributed by atoms with Crippen molar-refractivity contribution in [1.82, 2.24) is 0 Å². The minimum Gasteiger partial charge on any atom is -0.490 e. The number of fused-ring (bicyclic) bond motifs is 1. The lowest BCUT2D eigenvalue weighted by Crippen LogP contribution is -2.18. The third-order valence-corrected chi connectivity index (χ3v) is 2.66. The Morgan fingerprint density at radius 3 is 3.17 bits per heavy atom. The molecule has 1 aromatic carbocycles. The molecule has 1 nitrogen and oxygen atoms in total. The number of benzene rings is 1. The quantitative estimate of drug-likeness (QED) is 0.661. The van der Waals surface area contributed by atoms with E-state index in [1.54, 1.807) is 0 Å². The predicted molar refractivity (Wildman–Crippen MR) is 52.6 cm³/mol. The molecule has 64 valence electrons. The third-order valence-electron chi connectivity index (χ3n) is 2.17. The fraction of sp³-hybridized carbons (Fsp3) is 0.400. The number of hydrogen-bond donors (Lipinski definition) is 0.